The molecule has 1 aromatic heterocycles. The van der Waals surface area contributed by atoms with Crippen LogP contribution in [-0.2, 0) is 6.54 Å². The van der Waals surface area contributed by atoms with Crippen LogP contribution in [0.1, 0.15) is 24.0 Å². The molecule has 0 aliphatic carbocycles. The van der Waals surface area contributed by atoms with Gasteiger partial charge in [0.25, 0.3) is 0 Å². The number of para-hydroxylation sites is 1. The van der Waals surface area contributed by atoms with Gasteiger partial charge in [0, 0.05) is 42.2 Å². The van der Waals surface area contributed by atoms with Gasteiger partial charge in [0.05, 0.1) is 6.20 Å². The van der Waals surface area contributed by atoms with Gasteiger partial charge < -0.3 is 21.1 Å². The van der Waals surface area contributed by atoms with Gasteiger partial charge in [0.1, 0.15) is 23.2 Å². The van der Waals surface area contributed by atoms with Crippen LogP contribution in [0.25, 0.3) is 0 Å². The molecule has 8 nitrogen and oxygen atoms in total. The molecule has 2 aromatic rings. The molecule has 0 bridgehead atoms. The molecule has 4 heterocycles. The zero-order chi connectivity index (χ0) is 22.5. The number of aromatic nitrogens is 2. The summed E-state index contributed by atoms with van der Waals surface area (Å²) in [6, 6.07) is 9.10. The first-order chi connectivity index (χ1) is 15.3. The molecule has 32 heavy (non-hydrogen) atoms. The Morgan fingerprint density at radius 3 is 2.66 bits per heavy atom. The van der Waals surface area contributed by atoms with Gasteiger partial charge in [-0.3, -0.25) is 4.90 Å². The van der Waals surface area contributed by atoms with E-state index in [9.17, 15) is 18.4 Å². The molecular weight excluding hydrogens is 423 g/mol. The van der Waals surface area contributed by atoms with Gasteiger partial charge in [0.15, 0.2) is 0 Å². The van der Waals surface area contributed by atoms with E-state index >= 15 is 0 Å². The van der Waals surface area contributed by atoms with Crippen molar-refractivity contribution in [3.8, 4) is 11.8 Å². The lowest BCUT2D eigenvalue weighted by Crippen LogP contribution is -2.92. The Hall–Kier alpha value is -3.10. The fourth-order valence-corrected chi connectivity index (χ4v) is 5.39. The number of nitrogens with one attached hydrogen (secondary N) is 2. The molecule has 4 N–H and O–H groups in total. The number of nitriles is 1. The molecule has 3 fully saturated rings. The third-order valence-corrected chi connectivity index (χ3v) is 6.83. The maximum Gasteiger partial charge on any atom is 0.573 e. The van der Waals surface area contributed by atoms with Gasteiger partial charge in [-0.25, -0.2) is 4.98 Å². The van der Waals surface area contributed by atoms with E-state index in [4.69, 9.17) is 5.73 Å². The van der Waals surface area contributed by atoms with Crippen LogP contribution in [0, 0.1) is 17.2 Å². The van der Waals surface area contributed by atoms with E-state index in [0.717, 1.165) is 19.4 Å². The van der Waals surface area contributed by atoms with Crippen molar-refractivity contribution in [2.45, 2.75) is 43.4 Å². The second-order valence-corrected chi connectivity index (χ2v) is 8.50. The molecule has 0 saturated carbocycles. The van der Waals surface area contributed by atoms with Gasteiger partial charge in [-0.15, -0.1) is 13.2 Å². The molecule has 11 heteroatoms. The van der Waals surface area contributed by atoms with Gasteiger partial charge in [-0.05, 0) is 25.5 Å². The normalized spacial score (nSPS) is 27.8. The smallest absolute Gasteiger partial charge is 0.405 e. The summed E-state index contributed by atoms with van der Waals surface area (Å²) in [5.74, 6) is 0.923. The lowest BCUT2D eigenvalue weighted by atomic mass is 9.49. The highest BCUT2D eigenvalue weighted by molar-refractivity contribution is 5.54. The van der Waals surface area contributed by atoms with Crippen molar-refractivity contribution in [1.29, 1.82) is 5.26 Å². The third kappa shape index (κ3) is 3.40. The summed E-state index contributed by atoms with van der Waals surface area (Å²) in [5, 5.41) is 15.6. The van der Waals surface area contributed by atoms with Gasteiger partial charge in [0.2, 0.25) is 5.95 Å². The molecule has 2 unspecified atom stereocenters. The van der Waals surface area contributed by atoms with Crippen LogP contribution in [0.2, 0.25) is 0 Å². The zero-order valence-electron chi connectivity index (χ0n) is 17.1. The van der Waals surface area contributed by atoms with Crippen LogP contribution in [0.15, 0.2) is 30.5 Å². The summed E-state index contributed by atoms with van der Waals surface area (Å²) in [7, 11) is 0. The maximum atomic E-state index is 12.6. The molecule has 3 saturated heterocycles. The minimum atomic E-state index is -4.78. The van der Waals surface area contributed by atoms with Crippen molar-refractivity contribution in [2.75, 3.05) is 23.7 Å². The predicted molar refractivity (Wildman–Crippen MR) is 110 cm³/mol. The zero-order valence-corrected chi connectivity index (χ0v) is 17.1. The molecule has 3 aliphatic rings. The van der Waals surface area contributed by atoms with E-state index < -0.39 is 6.36 Å². The number of hydrogen-bond acceptors (Lipinski definition) is 8. The van der Waals surface area contributed by atoms with E-state index in [2.05, 4.69) is 36.3 Å². The Labute approximate surface area is 182 Å². The second kappa shape index (κ2) is 7.50. The maximum absolute atomic E-state index is 12.6. The highest BCUT2D eigenvalue weighted by Crippen LogP contribution is 2.64. The van der Waals surface area contributed by atoms with E-state index in [1.807, 2.05) is 0 Å². The number of alkyl halides is 3. The predicted octanol–water partition coefficient (Wildman–Crippen LogP) is 2.44. The van der Waals surface area contributed by atoms with Crippen molar-refractivity contribution in [3.63, 3.8) is 0 Å². The number of piperidine rings is 3. The van der Waals surface area contributed by atoms with Crippen molar-refractivity contribution in [3.05, 3.63) is 41.6 Å². The SMILES string of the molecule is N#Cc1cnc(NCc2ccccc2OC(F)(F)F)nc1NCC12CC3C(CN)C(C1)N32. The fourth-order valence-electron chi connectivity index (χ4n) is 5.39. The molecule has 5 rings (SSSR count). The Morgan fingerprint density at radius 2 is 2.00 bits per heavy atom. The first kappa shape index (κ1) is 20.8. The number of nitrogens with two attached hydrogens (primary N) is 1. The molecule has 0 spiro atoms. The van der Waals surface area contributed by atoms with Gasteiger partial charge >= 0.3 is 6.36 Å². The van der Waals surface area contributed by atoms with Crippen LogP contribution >= 0.6 is 0 Å². The van der Waals surface area contributed by atoms with Crippen molar-refractivity contribution >= 4 is 11.8 Å². The molecular formula is C21H22F3N7O. The summed E-state index contributed by atoms with van der Waals surface area (Å²) in [6.45, 7) is 1.43. The molecule has 0 amide bonds. The van der Waals surface area contributed by atoms with Crippen LogP contribution in [0.5, 0.6) is 5.75 Å². The third-order valence-electron chi connectivity index (χ3n) is 6.83. The summed E-state index contributed by atoms with van der Waals surface area (Å²) in [4.78, 5) is 11.0. The minimum Gasteiger partial charge on any atom is -0.405 e. The van der Waals surface area contributed by atoms with Crippen LogP contribution in [0.3, 0.4) is 0 Å². The van der Waals surface area contributed by atoms with Crippen molar-refractivity contribution in [1.82, 2.24) is 14.9 Å². The van der Waals surface area contributed by atoms with E-state index in [0.29, 0.717) is 41.5 Å². The largest absolute Gasteiger partial charge is 0.573 e. The molecule has 3 aliphatic heterocycles. The number of nitrogens with zero attached hydrogens (tertiary/aromatic N) is 4. The molecule has 168 valence electrons. The quantitative estimate of drug-likeness (QED) is 0.568. The Balaban J connectivity index is 1.24. The van der Waals surface area contributed by atoms with Gasteiger partial charge in [-0.2, -0.15) is 10.2 Å². The van der Waals surface area contributed by atoms with E-state index in [-0.39, 0.29) is 23.8 Å². The highest BCUT2D eigenvalue weighted by Gasteiger charge is 2.73. The van der Waals surface area contributed by atoms with Crippen LogP contribution in [-0.4, -0.2) is 51.9 Å². The van der Waals surface area contributed by atoms with Crippen molar-refractivity contribution in [2.24, 2.45) is 11.7 Å². The Morgan fingerprint density at radius 1 is 1.25 bits per heavy atom. The number of halogens is 3. The summed E-state index contributed by atoms with van der Waals surface area (Å²) < 4.78 is 41.9. The summed E-state index contributed by atoms with van der Waals surface area (Å²) in [5.41, 5.74) is 6.57. The second-order valence-electron chi connectivity index (χ2n) is 8.50. The standard InChI is InChI=1S/C21H22F3N7O/c22-21(23,24)32-17-4-2-1-3-12(17)9-27-19-28-10-13(7-25)18(30-19)29-11-20-5-15-14(8-26)16(6-20)31(15)20/h1-4,10,14-16H,5-6,8-9,11,26H2,(H2,27,28,29,30). The topological polar surface area (TPSA) is 112 Å². The number of rotatable bonds is 8. The number of benzene rings is 1. The first-order valence-corrected chi connectivity index (χ1v) is 10.4. The number of ether oxygens (including phenoxy) is 1. The molecule has 0 radical (unpaired) electrons. The monoisotopic (exact) mass is 445 g/mol. The first-order valence-electron chi connectivity index (χ1n) is 10.4. The molecule has 2 atom stereocenters. The van der Waals surface area contributed by atoms with Crippen molar-refractivity contribution < 1.29 is 17.9 Å². The summed E-state index contributed by atoms with van der Waals surface area (Å²) >= 11 is 0. The van der Waals surface area contributed by atoms with Gasteiger partial charge in [-0.1, -0.05) is 18.2 Å². The summed E-state index contributed by atoms with van der Waals surface area (Å²) in [6.07, 6.45) is -1.20. The average Bonchev–Trinajstić information content (AvgIpc) is 2.75. The number of anilines is 2. The Bertz CT molecular complexity index is 1060. The molecule has 1 aromatic carbocycles. The average molecular weight is 445 g/mol. The Kier molecular flexibility index (Phi) is 4.87. The van der Waals surface area contributed by atoms with E-state index in [1.54, 1.807) is 6.07 Å². The van der Waals surface area contributed by atoms with Crippen LogP contribution < -0.4 is 21.1 Å². The number of hydrogen-bond donors (Lipinski definition) is 3. The highest BCUT2D eigenvalue weighted by atomic mass is 19.4. The minimum absolute atomic E-state index is 0.0269. The lowest BCUT2D eigenvalue weighted by molar-refractivity contribution is -0.305. The fraction of sp³-hybridized carbons (Fsp3) is 0.476. The van der Waals surface area contributed by atoms with Crippen LogP contribution in [0.4, 0.5) is 24.9 Å². The van der Waals surface area contributed by atoms with E-state index in [1.165, 1.54) is 24.4 Å². The lowest BCUT2D eigenvalue weighted by Gasteiger charge is -2.82.